The molecule has 0 nitrogen and oxygen atoms in total. The Hall–Kier alpha value is -0.780. The highest BCUT2D eigenvalue weighted by Gasteiger charge is 2.26. The van der Waals surface area contributed by atoms with Gasteiger partial charge in [-0.05, 0) is 73.5 Å². The minimum absolute atomic E-state index is 0.823. The Morgan fingerprint density at radius 1 is 0.875 bits per heavy atom. The zero-order valence-corrected chi connectivity index (χ0v) is 16.6. The van der Waals surface area contributed by atoms with Gasteiger partial charge in [0.1, 0.15) is 0 Å². The van der Waals surface area contributed by atoms with Gasteiger partial charge in [-0.2, -0.15) is 0 Å². The molecule has 1 aromatic carbocycles. The molecule has 0 spiro atoms. The lowest BCUT2D eigenvalue weighted by molar-refractivity contribution is 0.291. The van der Waals surface area contributed by atoms with Gasteiger partial charge in [0, 0.05) is 0 Å². The van der Waals surface area contributed by atoms with Crippen LogP contribution in [0.25, 0.3) is 0 Å². The second-order valence-corrected chi connectivity index (χ2v) is 7.99. The number of aryl methyl sites for hydroxylation is 1. The summed E-state index contributed by atoms with van der Waals surface area (Å²) in [4.78, 5) is 0. The Balaban J connectivity index is 2.31. The molecule has 24 heavy (non-hydrogen) atoms. The van der Waals surface area contributed by atoms with Gasteiger partial charge in [-0.25, -0.2) is 0 Å². The predicted molar refractivity (Wildman–Crippen MR) is 108 cm³/mol. The first kappa shape index (κ1) is 19.5. The third-order valence-electron chi connectivity index (χ3n) is 6.11. The normalized spacial score (nSPS) is 17.1. The second kappa shape index (κ2) is 11.0. The van der Waals surface area contributed by atoms with Crippen LogP contribution in [0.15, 0.2) is 18.2 Å². The SMILES string of the molecule is CCCCc1cccc(C(CCC)C2CCCCC2)c1CCCC. The molecule has 1 unspecified atom stereocenters. The van der Waals surface area contributed by atoms with Crippen molar-refractivity contribution in [1.29, 1.82) is 0 Å². The summed E-state index contributed by atoms with van der Waals surface area (Å²) in [7, 11) is 0. The van der Waals surface area contributed by atoms with Crippen molar-refractivity contribution in [3.05, 3.63) is 34.9 Å². The van der Waals surface area contributed by atoms with E-state index in [9.17, 15) is 0 Å². The van der Waals surface area contributed by atoms with E-state index in [-0.39, 0.29) is 0 Å². The molecular weight excluding hydrogens is 288 g/mol. The molecular formula is C24H40. The Morgan fingerprint density at radius 3 is 2.25 bits per heavy atom. The Labute approximate surface area is 151 Å². The molecule has 1 aliphatic carbocycles. The largest absolute Gasteiger partial charge is 0.0654 e. The number of rotatable bonds is 10. The van der Waals surface area contributed by atoms with Crippen molar-refractivity contribution >= 4 is 0 Å². The molecule has 0 heterocycles. The molecule has 136 valence electrons. The maximum absolute atomic E-state index is 2.50. The lowest BCUT2D eigenvalue weighted by atomic mass is 9.72. The molecule has 0 saturated heterocycles. The third-order valence-corrected chi connectivity index (χ3v) is 6.11. The van der Waals surface area contributed by atoms with Crippen molar-refractivity contribution in [2.45, 2.75) is 110 Å². The fraction of sp³-hybridized carbons (Fsp3) is 0.750. The van der Waals surface area contributed by atoms with Gasteiger partial charge in [0.05, 0.1) is 0 Å². The number of hydrogen-bond donors (Lipinski definition) is 0. The molecule has 1 aliphatic rings. The fourth-order valence-corrected chi connectivity index (χ4v) is 4.75. The van der Waals surface area contributed by atoms with E-state index in [1.165, 1.54) is 83.5 Å². The van der Waals surface area contributed by atoms with E-state index in [1.54, 1.807) is 16.7 Å². The Bertz CT molecular complexity index is 453. The van der Waals surface area contributed by atoms with Crippen molar-refractivity contribution < 1.29 is 0 Å². The van der Waals surface area contributed by atoms with Gasteiger partial charge in [0.15, 0.2) is 0 Å². The highest BCUT2D eigenvalue weighted by molar-refractivity contribution is 5.38. The summed E-state index contributed by atoms with van der Waals surface area (Å²) < 4.78 is 0. The Kier molecular flexibility index (Phi) is 8.92. The molecule has 0 bridgehead atoms. The first-order valence-electron chi connectivity index (χ1n) is 10.9. The van der Waals surface area contributed by atoms with E-state index in [4.69, 9.17) is 0 Å². The first-order valence-corrected chi connectivity index (χ1v) is 10.9. The molecule has 1 aromatic rings. The highest BCUT2D eigenvalue weighted by atomic mass is 14.3. The van der Waals surface area contributed by atoms with Crippen LogP contribution < -0.4 is 0 Å². The molecule has 1 fully saturated rings. The van der Waals surface area contributed by atoms with Crippen LogP contribution in [0.5, 0.6) is 0 Å². The van der Waals surface area contributed by atoms with Gasteiger partial charge in [-0.1, -0.05) is 77.5 Å². The summed E-state index contributed by atoms with van der Waals surface area (Å²) >= 11 is 0. The third kappa shape index (κ3) is 5.36. The van der Waals surface area contributed by atoms with E-state index in [1.807, 2.05) is 0 Å². The summed E-state index contributed by atoms with van der Waals surface area (Å²) in [6.45, 7) is 7.03. The average Bonchev–Trinajstić information content (AvgIpc) is 2.63. The van der Waals surface area contributed by atoms with Crippen LogP contribution in [0.1, 0.15) is 114 Å². The van der Waals surface area contributed by atoms with Crippen molar-refractivity contribution in [2.75, 3.05) is 0 Å². The molecule has 0 heteroatoms. The van der Waals surface area contributed by atoms with Crippen LogP contribution in [-0.4, -0.2) is 0 Å². The number of hydrogen-bond acceptors (Lipinski definition) is 0. The minimum Gasteiger partial charge on any atom is -0.0654 e. The van der Waals surface area contributed by atoms with Crippen molar-refractivity contribution in [2.24, 2.45) is 5.92 Å². The van der Waals surface area contributed by atoms with Crippen molar-refractivity contribution in [3.63, 3.8) is 0 Å². The summed E-state index contributed by atoms with van der Waals surface area (Å²) in [5, 5.41) is 0. The zero-order valence-electron chi connectivity index (χ0n) is 16.6. The number of benzene rings is 1. The van der Waals surface area contributed by atoms with E-state index in [2.05, 4.69) is 39.0 Å². The average molecular weight is 329 g/mol. The van der Waals surface area contributed by atoms with E-state index >= 15 is 0 Å². The first-order chi connectivity index (χ1) is 11.8. The fourth-order valence-electron chi connectivity index (χ4n) is 4.75. The molecule has 2 rings (SSSR count). The highest BCUT2D eigenvalue weighted by Crippen LogP contribution is 2.41. The van der Waals surface area contributed by atoms with Crippen LogP contribution in [0.4, 0.5) is 0 Å². The van der Waals surface area contributed by atoms with Gasteiger partial charge >= 0.3 is 0 Å². The second-order valence-electron chi connectivity index (χ2n) is 7.99. The molecule has 0 aliphatic heterocycles. The molecule has 0 radical (unpaired) electrons. The maximum atomic E-state index is 2.50. The summed E-state index contributed by atoms with van der Waals surface area (Å²) in [5.74, 6) is 1.77. The van der Waals surface area contributed by atoms with Gasteiger partial charge in [-0.3, -0.25) is 0 Å². The summed E-state index contributed by atoms with van der Waals surface area (Å²) in [6, 6.07) is 7.28. The van der Waals surface area contributed by atoms with Crippen molar-refractivity contribution in [1.82, 2.24) is 0 Å². The topological polar surface area (TPSA) is 0 Å². The van der Waals surface area contributed by atoms with Gasteiger partial charge in [0.25, 0.3) is 0 Å². The van der Waals surface area contributed by atoms with E-state index in [0.29, 0.717) is 0 Å². The molecule has 1 atom stereocenters. The molecule has 0 N–H and O–H groups in total. The lowest BCUT2D eigenvalue weighted by Gasteiger charge is -2.32. The smallest absolute Gasteiger partial charge is 0.0131 e. The summed E-state index contributed by atoms with van der Waals surface area (Å²) in [6.07, 6.45) is 17.9. The standard InChI is InChI=1S/C24H40/c1-4-7-14-20-17-12-19-24(23(20)18-8-5-2)22(13-6-3)21-15-10-9-11-16-21/h12,17,19,21-22H,4-11,13-16,18H2,1-3H3. The monoisotopic (exact) mass is 328 g/mol. The number of unbranched alkanes of at least 4 members (excludes halogenated alkanes) is 2. The molecule has 0 amide bonds. The van der Waals surface area contributed by atoms with Crippen LogP contribution in [0, 0.1) is 5.92 Å². The lowest BCUT2D eigenvalue weighted by Crippen LogP contribution is -2.18. The van der Waals surface area contributed by atoms with Gasteiger partial charge < -0.3 is 0 Å². The van der Waals surface area contributed by atoms with E-state index in [0.717, 1.165) is 11.8 Å². The van der Waals surface area contributed by atoms with Crippen LogP contribution in [-0.2, 0) is 12.8 Å². The van der Waals surface area contributed by atoms with Gasteiger partial charge in [-0.15, -0.1) is 0 Å². The molecule has 1 saturated carbocycles. The van der Waals surface area contributed by atoms with Crippen LogP contribution >= 0.6 is 0 Å². The Morgan fingerprint density at radius 2 is 1.58 bits per heavy atom. The maximum Gasteiger partial charge on any atom is -0.0131 e. The minimum atomic E-state index is 0.823. The van der Waals surface area contributed by atoms with Crippen molar-refractivity contribution in [3.8, 4) is 0 Å². The summed E-state index contributed by atoms with van der Waals surface area (Å²) in [5.41, 5.74) is 5.15. The van der Waals surface area contributed by atoms with E-state index < -0.39 is 0 Å². The van der Waals surface area contributed by atoms with Crippen LogP contribution in [0.2, 0.25) is 0 Å². The zero-order chi connectivity index (χ0) is 17.2. The predicted octanol–water partition coefficient (Wildman–Crippen LogP) is 7.84. The quantitative estimate of drug-likeness (QED) is 0.410. The van der Waals surface area contributed by atoms with Gasteiger partial charge in [0.2, 0.25) is 0 Å². The molecule has 0 aromatic heterocycles. The van der Waals surface area contributed by atoms with Crippen LogP contribution in [0.3, 0.4) is 0 Å².